The summed E-state index contributed by atoms with van der Waals surface area (Å²) in [5, 5.41) is 3.73. The quantitative estimate of drug-likeness (QED) is 0.666. The summed E-state index contributed by atoms with van der Waals surface area (Å²) < 4.78 is 7.50. The van der Waals surface area contributed by atoms with Crippen LogP contribution in [0.1, 0.15) is 6.92 Å². The Morgan fingerprint density at radius 1 is 1.20 bits per heavy atom. The molecule has 3 aromatic rings. The molecule has 25 heavy (non-hydrogen) atoms. The fourth-order valence-electron chi connectivity index (χ4n) is 3.05. The normalized spacial score (nSPS) is 10.8. The average molecular weight is 338 g/mol. The maximum atomic E-state index is 11.4. The van der Waals surface area contributed by atoms with Crippen molar-refractivity contribution in [2.45, 2.75) is 13.5 Å². The number of rotatable bonds is 5. The number of ether oxygens (including phenoxy) is 1. The lowest BCUT2D eigenvalue weighted by Gasteiger charge is -2.10. The van der Waals surface area contributed by atoms with Crippen molar-refractivity contribution < 1.29 is 9.53 Å². The SMILES string of the molecule is CCn1c(-c2ccc(NC(=O)CN)cc2)c(N)c2ccc(OC)cc21. The third-order valence-electron chi connectivity index (χ3n) is 4.25. The van der Waals surface area contributed by atoms with Crippen molar-refractivity contribution in [2.75, 3.05) is 24.7 Å². The van der Waals surface area contributed by atoms with Gasteiger partial charge in [-0.25, -0.2) is 0 Å². The van der Waals surface area contributed by atoms with Gasteiger partial charge in [0.05, 0.1) is 30.6 Å². The van der Waals surface area contributed by atoms with Gasteiger partial charge in [0.25, 0.3) is 0 Å². The van der Waals surface area contributed by atoms with Crippen molar-refractivity contribution in [1.29, 1.82) is 0 Å². The fourth-order valence-corrected chi connectivity index (χ4v) is 3.05. The number of hydrogen-bond donors (Lipinski definition) is 3. The van der Waals surface area contributed by atoms with Gasteiger partial charge in [0.2, 0.25) is 5.91 Å². The lowest BCUT2D eigenvalue weighted by Crippen LogP contribution is -2.21. The number of benzene rings is 2. The Morgan fingerprint density at radius 3 is 2.52 bits per heavy atom. The molecule has 0 unspecified atom stereocenters. The van der Waals surface area contributed by atoms with Gasteiger partial charge >= 0.3 is 0 Å². The number of aromatic nitrogens is 1. The minimum Gasteiger partial charge on any atom is -0.497 e. The molecule has 0 aliphatic carbocycles. The van der Waals surface area contributed by atoms with Gasteiger partial charge in [-0.15, -0.1) is 0 Å². The van der Waals surface area contributed by atoms with E-state index in [-0.39, 0.29) is 12.5 Å². The van der Waals surface area contributed by atoms with Crippen LogP contribution in [0, 0.1) is 0 Å². The highest BCUT2D eigenvalue weighted by atomic mass is 16.5. The predicted octanol–water partition coefficient (Wildman–Crippen LogP) is 2.82. The molecule has 0 bridgehead atoms. The first-order valence-electron chi connectivity index (χ1n) is 8.15. The van der Waals surface area contributed by atoms with E-state index in [2.05, 4.69) is 16.8 Å². The summed E-state index contributed by atoms with van der Waals surface area (Å²) in [6, 6.07) is 13.5. The van der Waals surface area contributed by atoms with Crippen LogP contribution >= 0.6 is 0 Å². The van der Waals surface area contributed by atoms with Gasteiger partial charge in [-0.05, 0) is 31.2 Å². The zero-order valence-corrected chi connectivity index (χ0v) is 14.4. The molecule has 0 saturated carbocycles. The first-order chi connectivity index (χ1) is 12.1. The molecule has 0 aliphatic rings. The number of nitrogen functional groups attached to an aromatic ring is 1. The molecule has 2 aromatic carbocycles. The Labute approximate surface area is 146 Å². The first kappa shape index (κ1) is 16.9. The average Bonchev–Trinajstić information content (AvgIpc) is 2.93. The van der Waals surface area contributed by atoms with Crippen molar-refractivity contribution in [2.24, 2.45) is 5.73 Å². The monoisotopic (exact) mass is 338 g/mol. The number of anilines is 2. The lowest BCUT2D eigenvalue weighted by molar-refractivity contribution is -0.114. The van der Waals surface area contributed by atoms with Gasteiger partial charge in [0.15, 0.2) is 0 Å². The number of nitrogens with zero attached hydrogens (tertiary/aromatic N) is 1. The van der Waals surface area contributed by atoms with Crippen molar-refractivity contribution in [1.82, 2.24) is 4.57 Å². The van der Waals surface area contributed by atoms with Crippen molar-refractivity contribution in [3.63, 3.8) is 0 Å². The number of fused-ring (bicyclic) bond motifs is 1. The summed E-state index contributed by atoms with van der Waals surface area (Å²) in [5.74, 6) is 0.577. The van der Waals surface area contributed by atoms with Crippen LogP contribution in [-0.4, -0.2) is 24.1 Å². The van der Waals surface area contributed by atoms with Crippen molar-refractivity contribution >= 4 is 28.2 Å². The zero-order valence-electron chi connectivity index (χ0n) is 14.4. The summed E-state index contributed by atoms with van der Waals surface area (Å²) in [4.78, 5) is 11.4. The van der Waals surface area contributed by atoms with Crippen LogP contribution in [0.15, 0.2) is 42.5 Å². The third kappa shape index (κ3) is 3.04. The van der Waals surface area contributed by atoms with Crippen molar-refractivity contribution in [3.8, 4) is 17.0 Å². The molecule has 1 aromatic heterocycles. The number of carbonyl (C=O) groups is 1. The van der Waals surface area contributed by atoms with Gasteiger partial charge in [-0.3, -0.25) is 4.79 Å². The fraction of sp³-hybridized carbons (Fsp3) is 0.211. The Balaban J connectivity index is 2.08. The Morgan fingerprint density at radius 2 is 1.92 bits per heavy atom. The molecule has 1 heterocycles. The molecule has 0 atom stereocenters. The topological polar surface area (TPSA) is 95.3 Å². The molecule has 0 spiro atoms. The van der Waals surface area contributed by atoms with Gasteiger partial charge < -0.3 is 26.1 Å². The summed E-state index contributed by atoms with van der Waals surface area (Å²) >= 11 is 0. The van der Waals surface area contributed by atoms with Gasteiger partial charge in [-0.1, -0.05) is 12.1 Å². The highest BCUT2D eigenvalue weighted by Crippen LogP contribution is 2.37. The highest BCUT2D eigenvalue weighted by molar-refractivity contribution is 6.01. The standard InChI is InChI=1S/C19H22N4O2/c1-3-23-16-10-14(25-2)8-9-15(16)18(21)19(23)12-4-6-13(7-5-12)22-17(24)11-20/h4-10H,3,11,20-21H2,1-2H3,(H,22,24). The minimum atomic E-state index is -0.220. The number of nitrogens with one attached hydrogen (secondary N) is 1. The molecule has 6 nitrogen and oxygen atoms in total. The van der Waals surface area contributed by atoms with Crippen LogP contribution in [0.5, 0.6) is 5.75 Å². The summed E-state index contributed by atoms with van der Waals surface area (Å²) in [5.41, 5.74) is 16.2. The van der Waals surface area contributed by atoms with Crippen LogP contribution in [0.2, 0.25) is 0 Å². The van der Waals surface area contributed by atoms with E-state index in [1.54, 1.807) is 7.11 Å². The van der Waals surface area contributed by atoms with E-state index in [9.17, 15) is 4.79 Å². The summed E-state index contributed by atoms with van der Waals surface area (Å²) in [6.07, 6.45) is 0. The number of hydrogen-bond acceptors (Lipinski definition) is 4. The number of amides is 1. The van der Waals surface area contributed by atoms with Crippen LogP contribution < -0.4 is 21.5 Å². The first-order valence-corrected chi connectivity index (χ1v) is 8.15. The second-order valence-electron chi connectivity index (χ2n) is 5.72. The molecule has 1 amide bonds. The molecule has 0 aliphatic heterocycles. The van der Waals surface area contributed by atoms with Crippen molar-refractivity contribution in [3.05, 3.63) is 42.5 Å². The maximum Gasteiger partial charge on any atom is 0.238 e. The minimum absolute atomic E-state index is 0.0411. The largest absolute Gasteiger partial charge is 0.497 e. The molecule has 3 rings (SSSR count). The number of aryl methyl sites for hydroxylation is 1. The molecule has 0 fully saturated rings. The zero-order chi connectivity index (χ0) is 18.0. The van der Waals surface area contributed by atoms with E-state index in [0.29, 0.717) is 5.69 Å². The van der Waals surface area contributed by atoms with E-state index >= 15 is 0 Å². The number of carbonyl (C=O) groups excluding carboxylic acids is 1. The Kier molecular flexibility index (Phi) is 4.63. The predicted molar refractivity (Wildman–Crippen MR) is 102 cm³/mol. The molecule has 0 saturated heterocycles. The van der Waals surface area contributed by atoms with Crippen LogP contribution in [-0.2, 0) is 11.3 Å². The molecule has 0 radical (unpaired) electrons. The number of nitrogens with two attached hydrogens (primary N) is 2. The number of methoxy groups -OCH3 is 1. The third-order valence-corrected chi connectivity index (χ3v) is 4.25. The maximum absolute atomic E-state index is 11.4. The summed E-state index contributed by atoms with van der Waals surface area (Å²) in [7, 11) is 1.65. The van der Waals surface area contributed by atoms with Crippen LogP contribution in [0.4, 0.5) is 11.4 Å². The lowest BCUT2D eigenvalue weighted by atomic mass is 10.1. The second kappa shape index (κ2) is 6.86. The molecule has 6 heteroatoms. The van der Waals surface area contributed by atoms with Crippen LogP contribution in [0.25, 0.3) is 22.2 Å². The highest BCUT2D eigenvalue weighted by Gasteiger charge is 2.16. The van der Waals surface area contributed by atoms with Gasteiger partial charge in [0, 0.05) is 29.2 Å². The van der Waals surface area contributed by atoms with E-state index in [0.717, 1.165) is 40.1 Å². The van der Waals surface area contributed by atoms with E-state index in [1.165, 1.54) is 0 Å². The van der Waals surface area contributed by atoms with Gasteiger partial charge in [0.1, 0.15) is 5.75 Å². The molecule has 130 valence electrons. The molecule has 5 N–H and O–H groups in total. The second-order valence-corrected chi connectivity index (χ2v) is 5.72. The van der Waals surface area contributed by atoms with Gasteiger partial charge in [-0.2, -0.15) is 0 Å². The van der Waals surface area contributed by atoms with E-state index < -0.39 is 0 Å². The van der Waals surface area contributed by atoms with E-state index in [4.69, 9.17) is 16.2 Å². The Hall–Kier alpha value is -2.99. The molecular formula is C19H22N4O2. The Bertz CT molecular complexity index is 913. The summed E-state index contributed by atoms with van der Waals surface area (Å²) in [6.45, 7) is 2.82. The smallest absolute Gasteiger partial charge is 0.238 e. The molecular weight excluding hydrogens is 316 g/mol. The van der Waals surface area contributed by atoms with E-state index in [1.807, 2.05) is 42.5 Å². The van der Waals surface area contributed by atoms with Crippen LogP contribution in [0.3, 0.4) is 0 Å².